The van der Waals surface area contributed by atoms with E-state index < -0.39 is 0 Å². The summed E-state index contributed by atoms with van der Waals surface area (Å²) in [6.07, 6.45) is 2.61. The van der Waals surface area contributed by atoms with E-state index in [0.717, 1.165) is 26.0 Å². The van der Waals surface area contributed by atoms with Crippen molar-refractivity contribution in [2.45, 2.75) is 25.9 Å². The summed E-state index contributed by atoms with van der Waals surface area (Å²) in [7, 11) is 1.42. The van der Waals surface area contributed by atoms with Crippen molar-refractivity contribution in [1.29, 1.82) is 0 Å². The average molecular weight is 201 g/mol. The second-order valence-corrected chi connectivity index (χ2v) is 3.72. The molecule has 0 aromatic carbocycles. The van der Waals surface area contributed by atoms with Crippen molar-refractivity contribution < 1.29 is 14.3 Å². The molecule has 1 rings (SSSR count). The van der Waals surface area contributed by atoms with Gasteiger partial charge in [0.05, 0.1) is 19.1 Å². The van der Waals surface area contributed by atoms with Crippen molar-refractivity contribution in [1.82, 2.24) is 5.32 Å². The molecule has 82 valence electrons. The van der Waals surface area contributed by atoms with Gasteiger partial charge >= 0.3 is 5.97 Å². The zero-order valence-corrected chi connectivity index (χ0v) is 8.91. The largest absolute Gasteiger partial charge is 0.469 e. The Morgan fingerprint density at radius 1 is 1.71 bits per heavy atom. The number of carbonyl (C=O) groups excluding carboxylic acids is 1. The molecule has 14 heavy (non-hydrogen) atoms. The Balaban J connectivity index is 2.05. The second-order valence-electron chi connectivity index (χ2n) is 3.72. The Morgan fingerprint density at radius 3 is 3.07 bits per heavy atom. The van der Waals surface area contributed by atoms with E-state index >= 15 is 0 Å². The van der Waals surface area contributed by atoms with Crippen molar-refractivity contribution in [2.24, 2.45) is 5.92 Å². The van der Waals surface area contributed by atoms with Crippen molar-refractivity contribution in [3.05, 3.63) is 0 Å². The lowest BCUT2D eigenvalue weighted by Crippen LogP contribution is -2.32. The first-order valence-electron chi connectivity index (χ1n) is 5.14. The predicted octanol–water partition coefficient (Wildman–Crippen LogP) is 0.564. The topological polar surface area (TPSA) is 47.6 Å². The van der Waals surface area contributed by atoms with Gasteiger partial charge in [-0.2, -0.15) is 0 Å². The molecule has 0 bridgehead atoms. The third-order valence-electron chi connectivity index (χ3n) is 2.45. The summed E-state index contributed by atoms with van der Waals surface area (Å²) in [5, 5.41) is 3.22. The number of nitrogens with one attached hydrogen (secondary N) is 1. The summed E-state index contributed by atoms with van der Waals surface area (Å²) in [6.45, 7) is 4.22. The third-order valence-corrected chi connectivity index (χ3v) is 2.45. The van der Waals surface area contributed by atoms with E-state index in [0.29, 0.717) is 12.6 Å². The highest BCUT2D eigenvalue weighted by atomic mass is 16.5. The maximum Gasteiger partial charge on any atom is 0.309 e. The molecule has 1 aliphatic rings. The summed E-state index contributed by atoms with van der Waals surface area (Å²) < 4.78 is 10.1. The van der Waals surface area contributed by atoms with E-state index in [9.17, 15) is 4.79 Å². The van der Waals surface area contributed by atoms with Crippen LogP contribution in [0.15, 0.2) is 0 Å². The monoisotopic (exact) mass is 201 g/mol. The van der Waals surface area contributed by atoms with Crippen LogP contribution in [0.4, 0.5) is 0 Å². The molecule has 0 spiro atoms. The van der Waals surface area contributed by atoms with Crippen LogP contribution < -0.4 is 5.32 Å². The van der Waals surface area contributed by atoms with Gasteiger partial charge in [0.25, 0.3) is 0 Å². The fraction of sp³-hybridized carbons (Fsp3) is 0.900. The summed E-state index contributed by atoms with van der Waals surface area (Å²) in [4.78, 5) is 11.0. The molecule has 0 aromatic heterocycles. The molecular weight excluding hydrogens is 182 g/mol. The number of hydrogen-bond donors (Lipinski definition) is 1. The van der Waals surface area contributed by atoms with Crippen LogP contribution >= 0.6 is 0 Å². The second kappa shape index (κ2) is 5.98. The van der Waals surface area contributed by atoms with Crippen LogP contribution in [-0.2, 0) is 14.3 Å². The minimum atomic E-state index is -0.162. The van der Waals surface area contributed by atoms with Crippen LogP contribution in [-0.4, -0.2) is 38.9 Å². The molecule has 0 aliphatic carbocycles. The number of esters is 1. The molecule has 4 heteroatoms. The van der Waals surface area contributed by atoms with Gasteiger partial charge in [0, 0.05) is 19.7 Å². The highest BCUT2D eigenvalue weighted by Gasteiger charge is 2.17. The van der Waals surface area contributed by atoms with Gasteiger partial charge in [0.1, 0.15) is 0 Å². The van der Waals surface area contributed by atoms with E-state index in [2.05, 4.69) is 10.1 Å². The van der Waals surface area contributed by atoms with Crippen LogP contribution in [0.1, 0.15) is 19.8 Å². The van der Waals surface area contributed by atoms with Crippen molar-refractivity contribution in [3.8, 4) is 0 Å². The van der Waals surface area contributed by atoms with Crippen molar-refractivity contribution >= 4 is 5.97 Å². The van der Waals surface area contributed by atoms with Crippen LogP contribution in [0.5, 0.6) is 0 Å². The average Bonchev–Trinajstić information content (AvgIpc) is 2.69. The summed E-state index contributed by atoms with van der Waals surface area (Å²) in [5.41, 5.74) is 0. The van der Waals surface area contributed by atoms with Gasteiger partial charge in [-0.15, -0.1) is 0 Å². The third kappa shape index (κ3) is 3.64. The quantitative estimate of drug-likeness (QED) is 0.660. The molecule has 0 unspecified atom stereocenters. The van der Waals surface area contributed by atoms with Gasteiger partial charge in [-0.1, -0.05) is 6.92 Å². The zero-order valence-electron chi connectivity index (χ0n) is 8.91. The lowest BCUT2D eigenvalue weighted by atomic mass is 10.2. The number of methoxy groups -OCH3 is 1. The number of rotatable bonds is 5. The lowest BCUT2D eigenvalue weighted by molar-refractivity contribution is -0.144. The number of carbonyl (C=O) groups is 1. The maximum absolute atomic E-state index is 11.0. The van der Waals surface area contributed by atoms with Crippen LogP contribution in [0.25, 0.3) is 0 Å². The molecule has 1 aliphatic heterocycles. The zero-order chi connectivity index (χ0) is 10.4. The number of hydrogen-bond acceptors (Lipinski definition) is 4. The van der Waals surface area contributed by atoms with Gasteiger partial charge in [0.15, 0.2) is 0 Å². The normalized spacial score (nSPS) is 23.4. The predicted molar refractivity (Wildman–Crippen MR) is 53.0 cm³/mol. The maximum atomic E-state index is 11.0. The van der Waals surface area contributed by atoms with Gasteiger partial charge in [-0.05, 0) is 12.8 Å². The molecule has 4 nitrogen and oxygen atoms in total. The van der Waals surface area contributed by atoms with E-state index in [1.165, 1.54) is 7.11 Å². The Hall–Kier alpha value is -0.610. The number of ether oxygens (including phenoxy) is 2. The Morgan fingerprint density at radius 2 is 2.50 bits per heavy atom. The van der Waals surface area contributed by atoms with Crippen molar-refractivity contribution in [3.63, 3.8) is 0 Å². The lowest BCUT2D eigenvalue weighted by Gasteiger charge is -2.13. The highest BCUT2D eigenvalue weighted by molar-refractivity contribution is 5.71. The van der Waals surface area contributed by atoms with E-state index in [4.69, 9.17) is 4.74 Å². The van der Waals surface area contributed by atoms with E-state index in [-0.39, 0.29) is 11.9 Å². The standard InChI is InChI=1S/C10H19NO3/c1-8(10(12)13-2)6-11-7-9-4-3-5-14-9/h8-9,11H,3-7H2,1-2H3/t8-,9+/m0/s1. The van der Waals surface area contributed by atoms with Crippen molar-refractivity contribution in [2.75, 3.05) is 26.8 Å². The van der Waals surface area contributed by atoms with Gasteiger partial charge in [-0.3, -0.25) is 4.79 Å². The smallest absolute Gasteiger partial charge is 0.309 e. The van der Waals surface area contributed by atoms with Gasteiger partial charge < -0.3 is 14.8 Å². The minimum Gasteiger partial charge on any atom is -0.469 e. The Bertz CT molecular complexity index is 178. The first-order valence-corrected chi connectivity index (χ1v) is 5.14. The highest BCUT2D eigenvalue weighted by Crippen LogP contribution is 2.10. The minimum absolute atomic E-state index is 0.0820. The molecule has 1 fully saturated rings. The van der Waals surface area contributed by atoms with Crippen LogP contribution in [0.2, 0.25) is 0 Å². The molecule has 0 saturated carbocycles. The van der Waals surface area contributed by atoms with E-state index in [1.54, 1.807) is 0 Å². The van der Waals surface area contributed by atoms with Crippen LogP contribution in [0, 0.1) is 5.92 Å². The van der Waals surface area contributed by atoms with Gasteiger partial charge in [0.2, 0.25) is 0 Å². The summed E-state index contributed by atoms with van der Waals surface area (Å²) in [6, 6.07) is 0. The molecule has 0 amide bonds. The SMILES string of the molecule is COC(=O)[C@@H](C)CNC[C@H]1CCCO1. The fourth-order valence-electron chi connectivity index (χ4n) is 1.55. The Kier molecular flexibility index (Phi) is 4.90. The fourth-order valence-corrected chi connectivity index (χ4v) is 1.55. The molecule has 1 N–H and O–H groups in total. The van der Waals surface area contributed by atoms with E-state index in [1.807, 2.05) is 6.92 Å². The molecular formula is C10H19NO3. The van der Waals surface area contributed by atoms with Crippen LogP contribution in [0.3, 0.4) is 0 Å². The molecule has 2 atom stereocenters. The first kappa shape index (κ1) is 11.5. The van der Waals surface area contributed by atoms with Gasteiger partial charge in [-0.25, -0.2) is 0 Å². The molecule has 1 saturated heterocycles. The molecule has 0 aromatic rings. The first-order chi connectivity index (χ1) is 6.74. The summed E-state index contributed by atoms with van der Waals surface area (Å²) >= 11 is 0. The molecule has 1 heterocycles. The molecule has 0 radical (unpaired) electrons. The summed E-state index contributed by atoms with van der Waals surface area (Å²) in [5.74, 6) is -0.244. The Labute approximate surface area is 85.0 Å².